The molecule has 0 atom stereocenters. The van der Waals surface area contributed by atoms with E-state index in [1.807, 2.05) is 38.2 Å². The average molecular weight is 525 g/mol. The lowest BCUT2D eigenvalue weighted by molar-refractivity contribution is -0.137. The fourth-order valence-corrected chi connectivity index (χ4v) is 4.51. The Kier molecular flexibility index (Phi) is 9.36. The molecule has 0 spiro atoms. The van der Waals surface area contributed by atoms with E-state index >= 15 is 0 Å². The molecule has 6 heteroatoms. The summed E-state index contributed by atoms with van der Waals surface area (Å²) in [5, 5.41) is 0. The van der Waals surface area contributed by atoms with E-state index in [0.29, 0.717) is 6.61 Å². The number of hydrogen-bond acceptors (Lipinski definition) is 3. The third kappa shape index (κ3) is 7.33. The quantitative estimate of drug-likeness (QED) is 0.226. The summed E-state index contributed by atoms with van der Waals surface area (Å²) in [7, 11) is 0. The van der Waals surface area contributed by atoms with Crippen LogP contribution in [0.15, 0.2) is 54.3 Å². The minimum atomic E-state index is -0.311. The van der Waals surface area contributed by atoms with Crippen molar-refractivity contribution in [2.75, 3.05) is 6.61 Å². The monoisotopic (exact) mass is 522 g/mol. The normalized spacial score (nSPS) is 13.3. The molecule has 0 aliphatic heterocycles. The van der Waals surface area contributed by atoms with Crippen molar-refractivity contribution in [2.24, 2.45) is 0 Å². The zero-order chi connectivity index (χ0) is 17.4. The first-order chi connectivity index (χ1) is 10.8. The zero-order valence-electron chi connectivity index (χ0n) is 13.0. The van der Waals surface area contributed by atoms with Gasteiger partial charge in [-0.15, -0.1) is 11.3 Å². The van der Waals surface area contributed by atoms with Crippen molar-refractivity contribution in [2.45, 2.75) is 20.8 Å². The fourth-order valence-electron chi connectivity index (χ4n) is 1.52. The van der Waals surface area contributed by atoms with Gasteiger partial charge in [-0.05, 0) is 80.2 Å². The van der Waals surface area contributed by atoms with Crippen molar-refractivity contribution < 1.29 is 9.53 Å². The Morgan fingerprint density at radius 3 is 2.39 bits per heavy atom. The molecule has 0 aliphatic rings. The zero-order valence-corrected chi connectivity index (χ0v) is 18.6. The van der Waals surface area contributed by atoms with Gasteiger partial charge in [0.2, 0.25) is 0 Å². The van der Waals surface area contributed by atoms with Crippen LogP contribution < -0.4 is 0 Å². The smallest absolute Gasteiger partial charge is 0.330 e. The van der Waals surface area contributed by atoms with E-state index in [0.717, 1.165) is 28.8 Å². The van der Waals surface area contributed by atoms with Gasteiger partial charge >= 0.3 is 5.97 Å². The largest absolute Gasteiger partial charge is 0.463 e. The summed E-state index contributed by atoms with van der Waals surface area (Å²) >= 11 is 12.2. The highest BCUT2D eigenvalue weighted by molar-refractivity contribution is 9.14. The molecule has 0 radical (unpaired) electrons. The van der Waals surface area contributed by atoms with Crippen molar-refractivity contribution in [3.8, 4) is 0 Å². The SMILES string of the molecule is CCOC(=O)C=C(C)C=CC=C(C)C=Cc1sc(Br)c(Br)c1Br. The van der Waals surface area contributed by atoms with Crippen LogP contribution in [0.2, 0.25) is 0 Å². The number of carbonyl (C=O) groups is 1. The predicted molar refractivity (Wildman–Crippen MR) is 110 cm³/mol. The number of rotatable bonds is 6. The summed E-state index contributed by atoms with van der Waals surface area (Å²) in [6, 6.07) is 0. The van der Waals surface area contributed by atoms with Gasteiger partial charge in [-0.25, -0.2) is 4.79 Å². The maximum absolute atomic E-state index is 11.3. The first kappa shape index (κ1) is 20.6. The van der Waals surface area contributed by atoms with Crippen LogP contribution in [0.3, 0.4) is 0 Å². The van der Waals surface area contributed by atoms with Gasteiger partial charge < -0.3 is 4.74 Å². The Balaban J connectivity index is 2.70. The van der Waals surface area contributed by atoms with Gasteiger partial charge in [0.1, 0.15) is 0 Å². The molecule has 1 rings (SSSR count). The molecule has 1 heterocycles. The summed E-state index contributed by atoms with van der Waals surface area (Å²) in [6.45, 7) is 6.07. The van der Waals surface area contributed by atoms with Gasteiger partial charge in [0.15, 0.2) is 0 Å². The van der Waals surface area contributed by atoms with Crippen LogP contribution in [0.4, 0.5) is 0 Å². The molecule has 124 valence electrons. The molecule has 23 heavy (non-hydrogen) atoms. The minimum Gasteiger partial charge on any atom is -0.463 e. The summed E-state index contributed by atoms with van der Waals surface area (Å²) < 4.78 is 8.00. The molecule has 0 amide bonds. The first-order valence-electron chi connectivity index (χ1n) is 6.86. The summed E-state index contributed by atoms with van der Waals surface area (Å²) in [5.74, 6) is -0.311. The number of ether oxygens (including phenoxy) is 1. The lowest BCUT2D eigenvalue weighted by Gasteiger charge is -1.96. The number of halogens is 3. The van der Waals surface area contributed by atoms with E-state index in [9.17, 15) is 4.79 Å². The molecule has 0 unspecified atom stereocenters. The van der Waals surface area contributed by atoms with Gasteiger partial charge in [0.25, 0.3) is 0 Å². The van der Waals surface area contributed by atoms with E-state index in [2.05, 4.69) is 53.9 Å². The Labute approximate surface area is 166 Å². The molecule has 2 nitrogen and oxygen atoms in total. The predicted octanol–water partition coefficient (Wildman–Crippen LogP) is 7.06. The second kappa shape index (κ2) is 10.4. The maximum Gasteiger partial charge on any atom is 0.330 e. The molecule has 0 fully saturated rings. The van der Waals surface area contributed by atoms with Crippen LogP contribution in [0.1, 0.15) is 25.6 Å². The van der Waals surface area contributed by atoms with Crippen LogP contribution in [0, 0.1) is 0 Å². The highest BCUT2D eigenvalue weighted by atomic mass is 79.9. The Hall–Kier alpha value is -0.430. The Morgan fingerprint density at radius 1 is 1.13 bits per heavy atom. The number of allylic oxidation sites excluding steroid dienone is 6. The van der Waals surface area contributed by atoms with Crippen LogP contribution in [-0.4, -0.2) is 12.6 Å². The molecular formula is C17H17Br3O2S. The molecular weight excluding hydrogens is 508 g/mol. The van der Waals surface area contributed by atoms with Gasteiger partial charge in [-0.1, -0.05) is 29.9 Å². The van der Waals surface area contributed by atoms with Crippen molar-refractivity contribution >= 4 is 71.2 Å². The summed E-state index contributed by atoms with van der Waals surface area (Å²) in [5.41, 5.74) is 1.96. The first-order valence-corrected chi connectivity index (χ1v) is 10.1. The third-order valence-corrected chi connectivity index (χ3v) is 7.66. The highest BCUT2D eigenvalue weighted by Gasteiger charge is 2.09. The Morgan fingerprint density at radius 2 is 1.83 bits per heavy atom. The van der Waals surface area contributed by atoms with Crippen LogP contribution >= 0.6 is 59.1 Å². The Bertz CT molecular complexity index is 682. The van der Waals surface area contributed by atoms with Crippen LogP contribution in [0.25, 0.3) is 6.08 Å². The topological polar surface area (TPSA) is 26.3 Å². The van der Waals surface area contributed by atoms with E-state index in [1.54, 1.807) is 18.3 Å². The standard InChI is InChI=1S/C17H17Br3O2S/c1-4-22-14(21)10-12(3)7-5-6-11(2)8-9-13-15(18)16(19)17(20)23-13/h5-10H,4H2,1-3H3. The van der Waals surface area contributed by atoms with Crippen molar-refractivity contribution in [1.29, 1.82) is 0 Å². The van der Waals surface area contributed by atoms with Gasteiger partial charge in [-0.3, -0.25) is 0 Å². The average Bonchev–Trinajstić information content (AvgIpc) is 2.72. The van der Waals surface area contributed by atoms with Gasteiger partial charge in [0, 0.05) is 11.0 Å². The number of thiophene rings is 1. The van der Waals surface area contributed by atoms with Gasteiger partial charge in [-0.2, -0.15) is 0 Å². The molecule has 0 saturated heterocycles. The van der Waals surface area contributed by atoms with E-state index < -0.39 is 0 Å². The molecule has 1 aromatic heterocycles. The second-order valence-electron chi connectivity index (χ2n) is 4.61. The van der Waals surface area contributed by atoms with Crippen molar-refractivity contribution in [3.63, 3.8) is 0 Å². The molecule has 0 aliphatic carbocycles. The van der Waals surface area contributed by atoms with Crippen molar-refractivity contribution in [3.05, 3.63) is 59.1 Å². The van der Waals surface area contributed by atoms with Gasteiger partial charge in [0.05, 0.1) is 19.3 Å². The maximum atomic E-state index is 11.3. The van der Waals surface area contributed by atoms with E-state index in [1.165, 1.54) is 6.08 Å². The fraction of sp³-hybridized carbons (Fsp3) is 0.235. The number of hydrogen-bond donors (Lipinski definition) is 0. The lowest BCUT2D eigenvalue weighted by Crippen LogP contribution is -1.99. The van der Waals surface area contributed by atoms with Crippen molar-refractivity contribution in [1.82, 2.24) is 0 Å². The van der Waals surface area contributed by atoms with Crippen LogP contribution in [-0.2, 0) is 9.53 Å². The molecule has 0 N–H and O–H groups in total. The van der Waals surface area contributed by atoms with E-state index in [-0.39, 0.29) is 5.97 Å². The van der Waals surface area contributed by atoms with Crippen LogP contribution in [0.5, 0.6) is 0 Å². The highest BCUT2D eigenvalue weighted by Crippen LogP contribution is 2.41. The minimum absolute atomic E-state index is 0.311. The molecule has 1 aromatic rings. The summed E-state index contributed by atoms with van der Waals surface area (Å²) in [6.07, 6.45) is 11.4. The van der Waals surface area contributed by atoms with E-state index in [4.69, 9.17) is 4.74 Å². The summed E-state index contributed by atoms with van der Waals surface area (Å²) in [4.78, 5) is 12.4. The molecule has 0 bridgehead atoms. The lowest BCUT2D eigenvalue weighted by atomic mass is 10.2. The third-order valence-electron chi connectivity index (χ3n) is 2.63. The molecule has 0 saturated carbocycles. The number of carbonyl (C=O) groups excluding carboxylic acids is 1. The second-order valence-corrected chi connectivity index (χ2v) is 8.57. The number of esters is 1. The molecule has 0 aromatic carbocycles.